The molecule has 3 heterocycles. The van der Waals surface area contributed by atoms with E-state index >= 15 is 4.39 Å². The fourth-order valence-corrected chi connectivity index (χ4v) is 7.38. The molecule has 1 amide bonds. The Hall–Kier alpha value is -2.92. The van der Waals surface area contributed by atoms with Crippen molar-refractivity contribution in [2.45, 2.75) is 95.8 Å². The standard InChI is InChI=1S/C31H39F4N3O3Si/c1-30(2,3)42(4,5)41-22-7-6-8-25-23(17-22)27-26(24(32)18-36-28(27)37-25)19-13-15-38(16-14-19)29(39)20-9-11-21(12-10-20)40-31(33,34)35/h9-12,18-19,22H,6-8,13-17H2,1-5H3,(H,36,37). The van der Waals surface area contributed by atoms with Crippen LogP contribution < -0.4 is 4.74 Å². The number of pyridine rings is 1. The number of piperidine rings is 1. The summed E-state index contributed by atoms with van der Waals surface area (Å²) in [5.74, 6) is -1.07. The number of likely N-dealkylation sites (tertiary alicyclic amines) is 1. The number of ether oxygens (including phenoxy) is 1. The van der Waals surface area contributed by atoms with Gasteiger partial charge in [-0.1, -0.05) is 20.8 Å². The summed E-state index contributed by atoms with van der Waals surface area (Å²) in [5.41, 5.74) is 3.85. The second kappa shape index (κ2) is 11.3. The smallest absolute Gasteiger partial charge is 0.414 e. The van der Waals surface area contributed by atoms with Crippen molar-refractivity contribution in [3.63, 3.8) is 0 Å². The summed E-state index contributed by atoms with van der Waals surface area (Å²) in [5, 5.41) is 0.951. The van der Waals surface area contributed by atoms with Crippen molar-refractivity contribution >= 4 is 25.3 Å². The maximum absolute atomic E-state index is 15.6. The Morgan fingerprint density at radius 2 is 1.74 bits per heavy atom. The molecule has 1 N–H and O–H groups in total. The molecule has 0 saturated carbocycles. The van der Waals surface area contributed by atoms with Gasteiger partial charge in [-0.25, -0.2) is 9.37 Å². The number of benzene rings is 1. The van der Waals surface area contributed by atoms with E-state index in [2.05, 4.69) is 48.6 Å². The Labute approximate surface area is 244 Å². The molecule has 1 aliphatic heterocycles. The molecule has 11 heteroatoms. The minimum atomic E-state index is -4.79. The minimum absolute atomic E-state index is 0.0645. The number of hydrogen-bond donors (Lipinski definition) is 1. The van der Waals surface area contributed by atoms with Gasteiger partial charge in [-0.15, -0.1) is 13.2 Å². The number of hydrogen-bond acceptors (Lipinski definition) is 4. The van der Waals surface area contributed by atoms with Gasteiger partial charge in [0.1, 0.15) is 17.2 Å². The molecule has 6 nitrogen and oxygen atoms in total. The number of H-pyrrole nitrogens is 1. The van der Waals surface area contributed by atoms with Gasteiger partial charge in [-0.3, -0.25) is 4.79 Å². The average Bonchev–Trinajstić information content (AvgIpc) is 3.11. The highest BCUT2D eigenvalue weighted by molar-refractivity contribution is 6.74. The van der Waals surface area contributed by atoms with Crippen molar-refractivity contribution in [1.29, 1.82) is 0 Å². The summed E-state index contributed by atoms with van der Waals surface area (Å²) in [6.07, 6.45) is 1.22. The van der Waals surface area contributed by atoms with Crippen LogP contribution in [0.15, 0.2) is 30.5 Å². The second-order valence-electron chi connectivity index (χ2n) is 13.1. The largest absolute Gasteiger partial charge is 0.573 e. The molecule has 1 unspecified atom stereocenters. The Balaban J connectivity index is 1.35. The molecular weight excluding hydrogens is 566 g/mol. The van der Waals surface area contributed by atoms with Crippen LogP contribution in [0, 0.1) is 5.82 Å². The maximum Gasteiger partial charge on any atom is 0.573 e. The summed E-state index contributed by atoms with van der Waals surface area (Å²) in [6, 6.07) is 4.93. The van der Waals surface area contributed by atoms with Crippen LogP contribution in [0.25, 0.3) is 11.0 Å². The number of nitrogens with zero attached hydrogens (tertiary/aromatic N) is 2. The lowest BCUT2D eigenvalue weighted by Gasteiger charge is -2.39. The number of amides is 1. The Bertz CT molecular complexity index is 1440. The summed E-state index contributed by atoms with van der Waals surface area (Å²) < 4.78 is 63.8. The van der Waals surface area contributed by atoms with Crippen LogP contribution in [0.4, 0.5) is 17.6 Å². The monoisotopic (exact) mass is 605 g/mol. The van der Waals surface area contributed by atoms with Gasteiger partial charge in [0.2, 0.25) is 0 Å². The number of aromatic nitrogens is 2. The topological polar surface area (TPSA) is 67.5 Å². The van der Waals surface area contributed by atoms with Gasteiger partial charge in [0.05, 0.1) is 6.20 Å². The molecule has 1 fully saturated rings. The predicted octanol–water partition coefficient (Wildman–Crippen LogP) is 7.89. The SMILES string of the molecule is CC(C)(C)[Si](C)(C)OC1CCCc2[nH]c3ncc(F)c(C4CCN(C(=O)c5ccc(OC(F)(F)F)cc5)CC4)c3c2C1. The number of alkyl halides is 3. The van der Waals surface area contributed by atoms with Crippen LogP contribution in [0.1, 0.15) is 79.6 Å². The normalized spacial score (nSPS) is 19.1. The fourth-order valence-electron chi connectivity index (χ4n) is 5.99. The molecule has 42 heavy (non-hydrogen) atoms. The van der Waals surface area contributed by atoms with Crippen LogP contribution in [0.3, 0.4) is 0 Å². The van der Waals surface area contributed by atoms with Crippen LogP contribution in [-0.2, 0) is 17.3 Å². The number of rotatable bonds is 5. The molecule has 0 bridgehead atoms. The van der Waals surface area contributed by atoms with Crippen molar-refractivity contribution in [2.75, 3.05) is 13.1 Å². The molecule has 0 spiro atoms. The van der Waals surface area contributed by atoms with E-state index in [-0.39, 0.29) is 40.1 Å². The summed E-state index contributed by atoms with van der Waals surface area (Å²) >= 11 is 0. The molecule has 2 aliphatic rings. The van der Waals surface area contributed by atoms with Gasteiger partial charge >= 0.3 is 6.36 Å². The number of halogens is 4. The van der Waals surface area contributed by atoms with Gasteiger partial charge in [0.25, 0.3) is 5.91 Å². The van der Waals surface area contributed by atoms with Crippen molar-refractivity contribution in [3.05, 3.63) is 58.7 Å². The van der Waals surface area contributed by atoms with E-state index in [1.54, 1.807) is 4.90 Å². The van der Waals surface area contributed by atoms with Crippen molar-refractivity contribution in [1.82, 2.24) is 14.9 Å². The molecule has 1 atom stereocenters. The first-order valence-electron chi connectivity index (χ1n) is 14.6. The molecule has 1 aliphatic carbocycles. The number of aromatic amines is 1. The molecule has 1 saturated heterocycles. The van der Waals surface area contributed by atoms with Crippen LogP contribution >= 0.6 is 0 Å². The molecular formula is C31H39F4N3O3Si. The van der Waals surface area contributed by atoms with Crippen molar-refractivity contribution < 1.29 is 31.5 Å². The number of aryl methyl sites for hydroxylation is 1. The lowest BCUT2D eigenvalue weighted by Crippen LogP contribution is -2.44. The Morgan fingerprint density at radius 3 is 2.36 bits per heavy atom. The first-order valence-corrected chi connectivity index (χ1v) is 17.5. The molecule has 1 aromatic carbocycles. The second-order valence-corrected chi connectivity index (χ2v) is 17.8. The molecule has 228 valence electrons. The highest BCUT2D eigenvalue weighted by Crippen LogP contribution is 2.42. The van der Waals surface area contributed by atoms with Gasteiger partial charge in [-0.2, -0.15) is 0 Å². The third-order valence-corrected chi connectivity index (χ3v) is 13.7. The summed E-state index contributed by atoms with van der Waals surface area (Å²) in [7, 11) is -1.99. The number of nitrogens with one attached hydrogen (secondary N) is 1. The van der Waals surface area contributed by atoms with E-state index in [9.17, 15) is 18.0 Å². The lowest BCUT2D eigenvalue weighted by molar-refractivity contribution is -0.274. The zero-order valence-electron chi connectivity index (χ0n) is 24.8. The average molecular weight is 606 g/mol. The van der Waals surface area contributed by atoms with Crippen molar-refractivity contribution in [2.24, 2.45) is 0 Å². The van der Waals surface area contributed by atoms with E-state index in [1.165, 1.54) is 18.3 Å². The number of carbonyl (C=O) groups is 1. The molecule has 5 rings (SSSR count). The first-order chi connectivity index (χ1) is 19.6. The van der Waals surface area contributed by atoms with E-state index in [0.29, 0.717) is 43.6 Å². The fraction of sp³-hybridized carbons (Fsp3) is 0.548. The molecule has 2 aromatic heterocycles. The van der Waals surface area contributed by atoms with Crippen molar-refractivity contribution in [3.8, 4) is 5.75 Å². The quantitative estimate of drug-likeness (QED) is 0.183. The Morgan fingerprint density at radius 1 is 1.07 bits per heavy atom. The van der Waals surface area contributed by atoms with E-state index in [0.717, 1.165) is 48.0 Å². The van der Waals surface area contributed by atoms with E-state index in [4.69, 9.17) is 4.43 Å². The zero-order valence-corrected chi connectivity index (χ0v) is 25.8. The highest BCUT2D eigenvalue weighted by Gasteiger charge is 2.40. The minimum Gasteiger partial charge on any atom is -0.414 e. The Kier molecular flexibility index (Phi) is 8.21. The first kappa shape index (κ1) is 30.5. The predicted molar refractivity (Wildman–Crippen MR) is 156 cm³/mol. The summed E-state index contributed by atoms with van der Waals surface area (Å²) in [4.78, 5) is 22.7. The molecule has 0 radical (unpaired) electrons. The number of fused-ring (bicyclic) bond motifs is 3. The maximum atomic E-state index is 15.6. The number of carbonyl (C=O) groups excluding carboxylic acids is 1. The van der Waals surface area contributed by atoms with Gasteiger partial charge in [0, 0.05) is 41.4 Å². The van der Waals surface area contributed by atoms with Crippen LogP contribution in [-0.4, -0.2) is 54.6 Å². The van der Waals surface area contributed by atoms with E-state index in [1.807, 2.05) is 0 Å². The van der Waals surface area contributed by atoms with Crippen LogP contribution in [0.5, 0.6) is 5.75 Å². The zero-order chi connectivity index (χ0) is 30.4. The van der Waals surface area contributed by atoms with Gasteiger partial charge in [0.15, 0.2) is 8.32 Å². The third kappa shape index (κ3) is 6.36. The highest BCUT2D eigenvalue weighted by atomic mass is 28.4. The van der Waals surface area contributed by atoms with Gasteiger partial charge < -0.3 is 19.0 Å². The lowest BCUT2D eigenvalue weighted by atomic mass is 9.86. The third-order valence-electron chi connectivity index (χ3n) is 9.18. The summed E-state index contributed by atoms with van der Waals surface area (Å²) in [6.45, 7) is 12.1. The van der Waals surface area contributed by atoms with E-state index < -0.39 is 14.7 Å². The molecule has 3 aromatic rings. The van der Waals surface area contributed by atoms with Gasteiger partial charge in [-0.05, 0) is 92.4 Å². The van der Waals surface area contributed by atoms with Crippen LogP contribution in [0.2, 0.25) is 18.1 Å².